The number of amides is 1. The number of ether oxygens (including phenoxy) is 2. The van der Waals surface area contributed by atoms with Crippen LogP contribution in [0.3, 0.4) is 0 Å². The first-order valence-corrected chi connectivity index (χ1v) is 6.06. The zero-order chi connectivity index (χ0) is 13.5. The van der Waals surface area contributed by atoms with Crippen molar-refractivity contribution in [3.8, 4) is 5.75 Å². The van der Waals surface area contributed by atoms with Gasteiger partial charge in [0.15, 0.2) is 0 Å². The fourth-order valence-electron chi connectivity index (χ4n) is 1.29. The molecule has 5 nitrogen and oxygen atoms in total. The van der Waals surface area contributed by atoms with Crippen molar-refractivity contribution in [2.75, 3.05) is 19.5 Å². The van der Waals surface area contributed by atoms with Crippen LogP contribution in [0, 0.1) is 0 Å². The molecular formula is C12H14BrNO4. The van der Waals surface area contributed by atoms with E-state index in [0.29, 0.717) is 11.4 Å². The summed E-state index contributed by atoms with van der Waals surface area (Å²) in [5.74, 6) is 0.0427. The number of esters is 1. The molecule has 1 aromatic carbocycles. The number of carbonyl (C=O) groups is 2. The van der Waals surface area contributed by atoms with Gasteiger partial charge >= 0.3 is 5.97 Å². The molecule has 1 aromatic rings. The first-order valence-electron chi connectivity index (χ1n) is 5.27. The predicted octanol–water partition coefficient (Wildman–Crippen LogP) is 2.35. The molecule has 0 aromatic heterocycles. The minimum atomic E-state index is -0.402. The van der Waals surface area contributed by atoms with Crippen molar-refractivity contribution in [3.05, 3.63) is 22.7 Å². The third kappa shape index (κ3) is 4.37. The van der Waals surface area contributed by atoms with E-state index in [1.807, 2.05) is 0 Å². The van der Waals surface area contributed by atoms with Gasteiger partial charge in [0.1, 0.15) is 5.75 Å². The molecule has 0 atom stereocenters. The zero-order valence-corrected chi connectivity index (χ0v) is 11.7. The maximum Gasteiger partial charge on any atom is 0.306 e. The van der Waals surface area contributed by atoms with Gasteiger partial charge in [0, 0.05) is 12.1 Å². The molecule has 1 amide bonds. The SMILES string of the molecule is COC(=O)CCC(=O)Nc1ccc(OC)c(Br)c1. The normalized spacial score (nSPS) is 9.72. The van der Waals surface area contributed by atoms with Crippen LogP contribution in [0.25, 0.3) is 0 Å². The number of rotatable bonds is 5. The quantitative estimate of drug-likeness (QED) is 0.847. The summed E-state index contributed by atoms with van der Waals surface area (Å²) in [4.78, 5) is 22.4. The Hall–Kier alpha value is -1.56. The highest BCUT2D eigenvalue weighted by Crippen LogP contribution is 2.27. The fourth-order valence-corrected chi connectivity index (χ4v) is 1.83. The minimum absolute atomic E-state index is 0.0691. The van der Waals surface area contributed by atoms with Crippen LogP contribution >= 0.6 is 15.9 Å². The highest BCUT2D eigenvalue weighted by molar-refractivity contribution is 9.10. The lowest BCUT2D eigenvalue weighted by Crippen LogP contribution is -2.13. The van der Waals surface area contributed by atoms with Gasteiger partial charge in [-0.2, -0.15) is 0 Å². The van der Waals surface area contributed by atoms with Crippen LogP contribution in [-0.2, 0) is 14.3 Å². The van der Waals surface area contributed by atoms with Crippen LogP contribution in [0.5, 0.6) is 5.75 Å². The lowest BCUT2D eigenvalue weighted by atomic mass is 10.2. The van der Waals surface area contributed by atoms with Gasteiger partial charge in [-0.15, -0.1) is 0 Å². The van der Waals surface area contributed by atoms with Crippen molar-refractivity contribution in [1.82, 2.24) is 0 Å². The number of halogens is 1. The summed E-state index contributed by atoms with van der Waals surface area (Å²) >= 11 is 3.32. The van der Waals surface area contributed by atoms with Crippen molar-refractivity contribution in [1.29, 1.82) is 0 Å². The van der Waals surface area contributed by atoms with Gasteiger partial charge in [0.25, 0.3) is 0 Å². The van der Waals surface area contributed by atoms with E-state index in [0.717, 1.165) is 4.47 Å². The summed E-state index contributed by atoms with van der Waals surface area (Å²) in [7, 11) is 2.86. The standard InChI is InChI=1S/C12H14BrNO4/c1-17-10-4-3-8(7-9(10)13)14-11(15)5-6-12(16)18-2/h3-4,7H,5-6H2,1-2H3,(H,14,15). The first kappa shape index (κ1) is 14.5. The predicted molar refractivity (Wildman–Crippen MR) is 70.6 cm³/mol. The van der Waals surface area contributed by atoms with Gasteiger partial charge in [-0.25, -0.2) is 0 Å². The number of methoxy groups -OCH3 is 2. The molecule has 0 saturated carbocycles. The summed E-state index contributed by atoms with van der Waals surface area (Å²) in [6.45, 7) is 0. The third-order valence-corrected chi connectivity index (χ3v) is 2.84. The Morgan fingerprint density at radius 1 is 1.28 bits per heavy atom. The molecule has 1 rings (SSSR count). The number of benzene rings is 1. The molecule has 0 spiro atoms. The number of nitrogens with one attached hydrogen (secondary N) is 1. The Kier molecular flexibility index (Phi) is 5.64. The van der Waals surface area contributed by atoms with Gasteiger partial charge in [-0.05, 0) is 34.1 Å². The van der Waals surface area contributed by atoms with Crippen molar-refractivity contribution < 1.29 is 19.1 Å². The van der Waals surface area contributed by atoms with E-state index in [-0.39, 0.29) is 18.7 Å². The highest BCUT2D eigenvalue weighted by atomic mass is 79.9. The summed E-state index contributed by atoms with van der Waals surface area (Å²) in [6.07, 6.45) is 0.163. The monoisotopic (exact) mass is 315 g/mol. The van der Waals surface area contributed by atoms with Crippen LogP contribution in [0.1, 0.15) is 12.8 Å². The van der Waals surface area contributed by atoms with E-state index in [1.165, 1.54) is 7.11 Å². The number of hydrogen-bond donors (Lipinski definition) is 1. The molecule has 0 aliphatic carbocycles. The minimum Gasteiger partial charge on any atom is -0.496 e. The second-order valence-corrected chi connectivity index (χ2v) is 4.33. The Labute approximate surface area is 114 Å². The summed E-state index contributed by atoms with van der Waals surface area (Å²) < 4.78 is 10.3. The fraction of sp³-hybridized carbons (Fsp3) is 0.333. The van der Waals surface area contributed by atoms with E-state index >= 15 is 0 Å². The molecule has 0 unspecified atom stereocenters. The maximum absolute atomic E-state index is 11.5. The van der Waals surface area contributed by atoms with Crippen LogP contribution < -0.4 is 10.1 Å². The molecule has 0 radical (unpaired) electrons. The topological polar surface area (TPSA) is 64.6 Å². The van der Waals surface area contributed by atoms with E-state index in [9.17, 15) is 9.59 Å². The molecule has 1 N–H and O–H groups in total. The molecule has 18 heavy (non-hydrogen) atoms. The van der Waals surface area contributed by atoms with Gasteiger partial charge in [-0.1, -0.05) is 0 Å². The van der Waals surface area contributed by atoms with Crippen molar-refractivity contribution in [3.63, 3.8) is 0 Å². The average Bonchev–Trinajstić information content (AvgIpc) is 2.36. The molecule has 0 fully saturated rings. The molecule has 98 valence electrons. The molecule has 0 bridgehead atoms. The summed E-state index contributed by atoms with van der Waals surface area (Å²) in [6, 6.07) is 5.19. The second-order valence-electron chi connectivity index (χ2n) is 3.47. The van der Waals surface area contributed by atoms with E-state index in [1.54, 1.807) is 25.3 Å². The molecule has 0 aliphatic heterocycles. The Morgan fingerprint density at radius 3 is 2.56 bits per heavy atom. The van der Waals surface area contributed by atoms with Crippen LogP contribution in [0.2, 0.25) is 0 Å². The lowest BCUT2D eigenvalue weighted by Gasteiger charge is -2.07. The Bertz CT molecular complexity index is 448. The molecule has 0 saturated heterocycles. The molecular weight excluding hydrogens is 302 g/mol. The molecule has 6 heteroatoms. The lowest BCUT2D eigenvalue weighted by molar-refractivity contribution is -0.141. The van der Waals surface area contributed by atoms with E-state index in [4.69, 9.17) is 4.74 Å². The van der Waals surface area contributed by atoms with Gasteiger partial charge in [-0.3, -0.25) is 9.59 Å². The average molecular weight is 316 g/mol. The summed E-state index contributed by atoms with van der Waals surface area (Å²) in [5.41, 5.74) is 0.637. The van der Waals surface area contributed by atoms with Gasteiger partial charge in [0.05, 0.1) is 25.1 Å². The largest absolute Gasteiger partial charge is 0.496 e. The van der Waals surface area contributed by atoms with Crippen molar-refractivity contribution in [2.24, 2.45) is 0 Å². The molecule has 0 heterocycles. The molecule has 0 aliphatic rings. The maximum atomic E-state index is 11.5. The second kappa shape index (κ2) is 7.00. The van der Waals surface area contributed by atoms with Gasteiger partial charge < -0.3 is 14.8 Å². The summed E-state index contributed by atoms with van der Waals surface area (Å²) in [5, 5.41) is 2.68. The third-order valence-electron chi connectivity index (χ3n) is 2.22. The first-order chi connectivity index (χ1) is 8.56. The van der Waals surface area contributed by atoms with E-state index in [2.05, 4.69) is 26.0 Å². The van der Waals surface area contributed by atoms with Crippen molar-refractivity contribution in [2.45, 2.75) is 12.8 Å². The number of anilines is 1. The van der Waals surface area contributed by atoms with E-state index < -0.39 is 5.97 Å². The van der Waals surface area contributed by atoms with Crippen molar-refractivity contribution >= 4 is 33.5 Å². The zero-order valence-electron chi connectivity index (χ0n) is 10.2. The smallest absolute Gasteiger partial charge is 0.306 e. The number of hydrogen-bond acceptors (Lipinski definition) is 4. The number of carbonyl (C=O) groups excluding carboxylic acids is 2. The van der Waals surface area contributed by atoms with Crippen LogP contribution in [-0.4, -0.2) is 26.1 Å². The van der Waals surface area contributed by atoms with Crippen LogP contribution in [0.15, 0.2) is 22.7 Å². The Morgan fingerprint density at radius 2 is 2.00 bits per heavy atom. The van der Waals surface area contributed by atoms with Gasteiger partial charge in [0.2, 0.25) is 5.91 Å². The highest BCUT2D eigenvalue weighted by Gasteiger charge is 2.08. The van der Waals surface area contributed by atoms with Crippen LogP contribution in [0.4, 0.5) is 5.69 Å². The Balaban J connectivity index is 2.54.